The van der Waals surface area contributed by atoms with Crippen LogP contribution in [-0.4, -0.2) is 58.5 Å². The van der Waals surface area contributed by atoms with Crippen molar-refractivity contribution < 1.29 is 19.5 Å². The zero-order valence-electron chi connectivity index (χ0n) is 14.4. The summed E-state index contributed by atoms with van der Waals surface area (Å²) in [7, 11) is 0. The van der Waals surface area contributed by atoms with E-state index in [4.69, 9.17) is 4.74 Å². The zero-order chi connectivity index (χ0) is 18.1. The van der Waals surface area contributed by atoms with Gasteiger partial charge in [0.05, 0.1) is 6.61 Å². The summed E-state index contributed by atoms with van der Waals surface area (Å²) in [5, 5.41) is 15.3. The molecule has 0 saturated carbocycles. The highest BCUT2D eigenvalue weighted by Crippen LogP contribution is 2.13. The summed E-state index contributed by atoms with van der Waals surface area (Å²) in [4.78, 5) is 30.4. The number of likely N-dealkylation sites (tertiary alicyclic amines) is 1. The van der Waals surface area contributed by atoms with Crippen LogP contribution in [0.1, 0.15) is 38.2 Å². The van der Waals surface area contributed by atoms with Crippen molar-refractivity contribution in [1.82, 2.24) is 15.2 Å². The van der Waals surface area contributed by atoms with E-state index in [1.807, 2.05) is 6.92 Å². The first-order chi connectivity index (χ1) is 12.2. The Labute approximate surface area is 146 Å². The molecule has 1 fully saturated rings. The molecule has 0 radical (unpaired) electrons. The van der Waals surface area contributed by atoms with Gasteiger partial charge in [0.1, 0.15) is 5.71 Å². The molecule has 1 aliphatic heterocycles. The third-order valence-corrected chi connectivity index (χ3v) is 4.02. The zero-order valence-corrected chi connectivity index (χ0v) is 14.4. The summed E-state index contributed by atoms with van der Waals surface area (Å²) in [5.74, 6) is -0.311. The van der Waals surface area contributed by atoms with Gasteiger partial charge in [0.15, 0.2) is 6.04 Å². The van der Waals surface area contributed by atoms with E-state index < -0.39 is 12.1 Å². The molecule has 2 rings (SSSR count). The van der Waals surface area contributed by atoms with Gasteiger partial charge in [0.25, 0.3) is 5.91 Å². The van der Waals surface area contributed by atoms with E-state index in [1.165, 1.54) is 12.4 Å². The van der Waals surface area contributed by atoms with Crippen LogP contribution in [0.15, 0.2) is 29.7 Å². The minimum absolute atomic E-state index is 0.0618. The van der Waals surface area contributed by atoms with Gasteiger partial charge < -0.3 is 20.2 Å². The number of amides is 2. The summed E-state index contributed by atoms with van der Waals surface area (Å²) < 4.78 is 5.09. The molecule has 1 atom stereocenters. The van der Waals surface area contributed by atoms with E-state index >= 15 is 0 Å². The molecule has 0 aromatic carbocycles. The third kappa shape index (κ3) is 5.17. The number of hydrogen-bond acceptors (Lipinski definition) is 6. The van der Waals surface area contributed by atoms with Gasteiger partial charge in [-0.05, 0) is 31.4 Å². The Morgan fingerprint density at radius 3 is 2.64 bits per heavy atom. The van der Waals surface area contributed by atoms with Crippen molar-refractivity contribution in [1.29, 1.82) is 0 Å². The van der Waals surface area contributed by atoms with E-state index in [1.54, 1.807) is 17.0 Å². The van der Waals surface area contributed by atoms with Crippen molar-refractivity contribution in [3.63, 3.8) is 0 Å². The molecular formula is C17H24N4O4. The van der Waals surface area contributed by atoms with Crippen molar-refractivity contribution in [3.8, 4) is 0 Å². The summed E-state index contributed by atoms with van der Waals surface area (Å²) in [6.07, 6.45) is 5.81. The van der Waals surface area contributed by atoms with Crippen LogP contribution in [0.25, 0.3) is 0 Å². The quantitative estimate of drug-likeness (QED) is 0.338. The lowest BCUT2D eigenvalue weighted by Crippen LogP contribution is -2.52. The summed E-state index contributed by atoms with van der Waals surface area (Å²) >= 11 is 0. The number of hydrogen-bond donors (Lipinski definition) is 2. The van der Waals surface area contributed by atoms with E-state index in [2.05, 4.69) is 15.5 Å². The molecule has 136 valence electrons. The number of alkyl carbamates (subject to hydrolysis) is 1. The predicted molar refractivity (Wildman–Crippen MR) is 91.6 cm³/mol. The SMILES string of the molecule is CCCCOC(=O)NC(C(=O)N1CCCC1)C(=NO)c1ccncc1. The van der Waals surface area contributed by atoms with E-state index in [0.717, 1.165) is 25.7 Å². The van der Waals surface area contributed by atoms with Crippen molar-refractivity contribution >= 4 is 17.7 Å². The lowest BCUT2D eigenvalue weighted by Gasteiger charge is -2.24. The van der Waals surface area contributed by atoms with Crippen LogP contribution in [0.4, 0.5) is 4.79 Å². The van der Waals surface area contributed by atoms with Crippen molar-refractivity contribution in [2.24, 2.45) is 5.16 Å². The maximum atomic E-state index is 12.8. The first-order valence-electron chi connectivity index (χ1n) is 8.51. The van der Waals surface area contributed by atoms with E-state index in [-0.39, 0.29) is 18.2 Å². The highest BCUT2D eigenvalue weighted by Gasteiger charge is 2.33. The number of rotatable bonds is 7. The number of unbranched alkanes of at least 4 members (excludes halogenated alkanes) is 1. The Morgan fingerprint density at radius 1 is 1.36 bits per heavy atom. The number of pyridine rings is 1. The monoisotopic (exact) mass is 348 g/mol. The molecule has 8 heteroatoms. The van der Waals surface area contributed by atoms with Crippen LogP contribution in [0.2, 0.25) is 0 Å². The minimum atomic E-state index is -1.11. The third-order valence-electron chi connectivity index (χ3n) is 4.02. The Morgan fingerprint density at radius 2 is 2.04 bits per heavy atom. The maximum absolute atomic E-state index is 12.8. The highest BCUT2D eigenvalue weighted by molar-refractivity contribution is 6.17. The van der Waals surface area contributed by atoms with Gasteiger partial charge in [-0.15, -0.1) is 0 Å². The molecule has 2 N–H and O–H groups in total. The average molecular weight is 348 g/mol. The lowest BCUT2D eigenvalue weighted by molar-refractivity contribution is -0.130. The molecule has 0 spiro atoms. The van der Waals surface area contributed by atoms with Crippen LogP contribution in [-0.2, 0) is 9.53 Å². The number of aromatic nitrogens is 1. The van der Waals surface area contributed by atoms with Crippen LogP contribution in [0.3, 0.4) is 0 Å². The van der Waals surface area contributed by atoms with Gasteiger partial charge in [0.2, 0.25) is 0 Å². The first kappa shape index (κ1) is 18.7. The number of nitrogens with zero attached hydrogens (tertiary/aromatic N) is 3. The Bertz CT molecular complexity index is 600. The Balaban J connectivity index is 2.18. The summed E-state index contributed by atoms with van der Waals surface area (Å²) in [6.45, 7) is 3.50. The summed E-state index contributed by atoms with van der Waals surface area (Å²) in [6, 6.07) is 2.12. The van der Waals surface area contributed by atoms with Gasteiger partial charge in [0, 0.05) is 31.0 Å². The fourth-order valence-corrected chi connectivity index (χ4v) is 2.64. The normalized spacial score (nSPS) is 15.7. The Hall–Kier alpha value is -2.64. The smallest absolute Gasteiger partial charge is 0.408 e. The van der Waals surface area contributed by atoms with Gasteiger partial charge in [-0.1, -0.05) is 18.5 Å². The second-order valence-electron chi connectivity index (χ2n) is 5.82. The maximum Gasteiger partial charge on any atom is 0.408 e. The van der Waals surface area contributed by atoms with Crippen molar-refractivity contribution in [2.75, 3.05) is 19.7 Å². The first-order valence-corrected chi connectivity index (χ1v) is 8.51. The van der Waals surface area contributed by atoms with Crippen LogP contribution >= 0.6 is 0 Å². The molecule has 1 aromatic heterocycles. The number of carbonyl (C=O) groups is 2. The molecular weight excluding hydrogens is 324 g/mol. The van der Waals surface area contributed by atoms with Crippen LogP contribution in [0.5, 0.6) is 0 Å². The van der Waals surface area contributed by atoms with E-state index in [0.29, 0.717) is 18.7 Å². The lowest BCUT2D eigenvalue weighted by atomic mass is 10.0. The van der Waals surface area contributed by atoms with E-state index in [9.17, 15) is 14.8 Å². The topological polar surface area (TPSA) is 104 Å². The van der Waals surface area contributed by atoms with Gasteiger partial charge in [-0.3, -0.25) is 9.78 Å². The summed E-state index contributed by atoms with van der Waals surface area (Å²) in [5.41, 5.74) is 0.565. The second-order valence-corrected chi connectivity index (χ2v) is 5.82. The van der Waals surface area contributed by atoms with Crippen LogP contribution < -0.4 is 5.32 Å². The number of nitrogens with one attached hydrogen (secondary N) is 1. The molecule has 1 aliphatic rings. The highest BCUT2D eigenvalue weighted by atomic mass is 16.5. The van der Waals surface area contributed by atoms with Crippen LogP contribution in [0, 0.1) is 0 Å². The molecule has 1 saturated heterocycles. The number of ether oxygens (including phenoxy) is 1. The molecule has 2 amide bonds. The minimum Gasteiger partial charge on any atom is -0.450 e. The number of oxime groups is 1. The molecule has 25 heavy (non-hydrogen) atoms. The standard InChI is InChI=1S/C17H24N4O4/c1-2-3-12-25-17(23)19-15(16(22)21-10-4-5-11-21)14(20-24)13-6-8-18-9-7-13/h6-9,15,24H,2-5,10-12H2,1H3,(H,19,23). The molecule has 8 nitrogen and oxygen atoms in total. The predicted octanol–water partition coefficient (Wildman–Crippen LogP) is 1.78. The van der Waals surface area contributed by atoms with Crippen molar-refractivity contribution in [3.05, 3.63) is 30.1 Å². The fourth-order valence-electron chi connectivity index (χ4n) is 2.64. The van der Waals surface area contributed by atoms with Gasteiger partial charge in [-0.2, -0.15) is 0 Å². The Kier molecular flexibility index (Phi) is 7.18. The number of carbonyl (C=O) groups excluding carboxylic acids is 2. The fraction of sp³-hybridized carbons (Fsp3) is 0.529. The molecule has 1 unspecified atom stereocenters. The molecule has 0 aliphatic carbocycles. The largest absolute Gasteiger partial charge is 0.450 e. The van der Waals surface area contributed by atoms with Gasteiger partial charge >= 0.3 is 6.09 Å². The molecule has 0 bridgehead atoms. The average Bonchev–Trinajstić information content (AvgIpc) is 3.17. The second kappa shape index (κ2) is 9.61. The molecule has 1 aromatic rings. The van der Waals surface area contributed by atoms with Gasteiger partial charge in [-0.25, -0.2) is 4.79 Å². The molecule has 2 heterocycles. The van der Waals surface area contributed by atoms with Crippen molar-refractivity contribution in [2.45, 2.75) is 38.6 Å².